The smallest absolute Gasteiger partial charge is 0.323 e. The largest absolute Gasteiger partial charge is 0.464 e. The van der Waals surface area contributed by atoms with Gasteiger partial charge in [-0.15, -0.1) is 0 Å². The molecule has 1 heterocycles. The lowest BCUT2D eigenvalue weighted by Crippen LogP contribution is -2.11. The van der Waals surface area contributed by atoms with E-state index >= 15 is 0 Å². The molecule has 0 atom stereocenters. The van der Waals surface area contributed by atoms with Gasteiger partial charge in [0.2, 0.25) is 11.9 Å². The molecular formula is C14H18ClN5O. The van der Waals surface area contributed by atoms with Gasteiger partial charge in [0.05, 0.1) is 6.61 Å². The van der Waals surface area contributed by atoms with Gasteiger partial charge in [-0.25, -0.2) is 0 Å². The average Bonchev–Trinajstić information content (AvgIpc) is 2.47. The van der Waals surface area contributed by atoms with Crippen LogP contribution in [-0.2, 0) is 6.54 Å². The number of nitrogens with one attached hydrogen (secondary N) is 2. The van der Waals surface area contributed by atoms with Gasteiger partial charge < -0.3 is 15.4 Å². The molecule has 21 heavy (non-hydrogen) atoms. The molecular weight excluding hydrogens is 290 g/mol. The standard InChI is InChI=1S/C14H18ClN5O/c1-3-16-12-18-13(20-14(19-12)21-4-2)17-9-10-7-5-6-8-11(10)15/h5-8H,3-4,9H2,1-2H3,(H2,16,17,18,19,20). The van der Waals surface area contributed by atoms with Crippen molar-refractivity contribution in [2.75, 3.05) is 23.8 Å². The van der Waals surface area contributed by atoms with E-state index in [0.29, 0.717) is 36.1 Å². The number of anilines is 2. The van der Waals surface area contributed by atoms with E-state index in [1.807, 2.05) is 38.1 Å². The van der Waals surface area contributed by atoms with Gasteiger partial charge >= 0.3 is 6.01 Å². The minimum Gasteiger partial charge on any atom is -0.464 e. The molecule has 2 aromatic rings. The van der Waals surface area contributed by atoms with Crippen LogP contribution in [0.1, 0.15) is 19.4 Å². The Kier molecular flexibility index (Phi) is 5.57. The van der Waals surface area contributed by atoms with E-state index in [0.717, 1.165) is 12.1 Å². The first-order valence-corrected chi connectivity index (χ1v) is 7.20. The van der Waals surface area contributed by atoms with Crippen LogP contribution < -0.4 is 15.4 Å². The van der Waals surface area contributed by atoms with Gasteiger partial charge in [-0.1, -0.05) is 29.8 Å². The first-order valence-electron chi connectivity index (χ1n) is 6.83. The summed E-state index contributed by atoms with van der Waals surface area (Å²) in [5.74, 6) is 0.932. The molecule has 0 saturated carbocycles. The number of ether oxygens (including phenoxy) is 1. The van der Waals surface area contributed by atoms with Crippen LogP contribution in [0.4, 0.5) is 11.9 Å². The Balaban J connectivity index is 2.13. The SMILES string of the molecule is CCNc1nc(NCc2ccccc2Cl)nc(OCC)n1. The Hall–Kier alpha value is -2.08. The zero-order valence-corrected chi connectivity index (χ0v) is 12.8. The molecule has 0 aliphatic carbocycles. The summed E-state index contributed by atoms with van der Waals surface area (Å²) in [5.41, 5.74) is 0.975. The van der Waals surface area contributed by atoms with Crippen molar-refractivity contribution in [3.63, 3.8) is 0 Å². The van der Waals surface area contributed by atoms with Crippen LogP contribution in [0.2, 0.25) is 5.02 Å². The Bertz CT molecular complexity index is 569. The van der Waals surface area contributed by atoms with Crippen LogP contribution in [-0.4, -0.2) is 28.1 Å². The highest BCUT2D eigenvalue weighted by Crippen LogP contribution is 2.17. The second-order valence-corrected chi connectivity index (χ2v) is 4.58. The van der Waals surface area contributed by atoms with Crippen LogP contribution in [0.25, 0.3) is 0 Å². The molecule has 2 rings (SSSR count). The normalized spacial score (nSPS) is 10.2. The van der Waals surface area contributed by atoms with Gasteiger partial charge in [0.15, 0.2) is 0 Å². The summed E-state index contributed by atoms with van der Waals surface area (Å²) < 4.78 is 5.34. The second-order valence-electron chi connectivity index (χ2n) is 4.17. The third-order valence-corrected chi connectivity index (χ3v) is 2.99. The van der Waals surface area contributed by atoms with Crippen LogP contribution in [0.15, 0.2) is 24.3 Å². The van der Waals surface area contributed by atoms with Crippen molar-refractivity contribution in [1.29, 1.82) is 0 Å². The number of aromatic nitrogens is 3. The van der Waals surface area contributed by atoms with Gasteiger partial charge in [-0.05, 0) is 25.5 Å². The summed E-state index contributed by atoms with van der Waals surface area (Å²) in [7, 11) is 0. The average molecular weight is 308 g/mol. The summed E-state index contributed by atoms with van der Waals surface area (Å²) in [6.45, 7) is 5.61. The Morgan fingerprint density at radius 1 is 1.05 bits per heavy atom. The predicted molar refractivity (Wildman–Crippen MR) is 83.9 cm³/mol. The summed E-state index contributed by atoms with van der Waals surface area (Å²) >= 11 is 6.12. The van der Waals surface area contributed by atoms with E-state index in [1.165, 1.54) is 0 Å². The van der Waals surface area contributed by atoms with E-state index in [9.17, 15) is 0 Å². The lowest BCUT2D eigenvalue weighted by molar-refractivity contribution is 0.312. The number of halogens is 1. The van der Waals surface area contributed by atoms with Crippen molar-refractivity contribution >= 4 is 23.5 Å². The minimum absolute atomic E-state index is 0.296. The molecule has 0 aliphatic heterocycles. The summed E-state index contributed by atoms with van der Waals surface area (Å²) in [5, 5.41) is 6.89. The molecule has 1 aromatic carbocycles. The van der Waals surface area contributed by atoms with Crippen molar-refractivity contribution in [2.24, 2.45) is 0 Å². The first kappa shape index (κ1) is 15.3. The fourth-order valence-corrected chi connectivity index (χ4v) is 1.88. The number of benzene rings is 1. The maximum atomic E-state index is 6.12. The fourth-order valence-electron chi connectivity index (χ4n) is 1.68. The fraction of sp³-hybridized carbons (Fsp3) is 0.357. The molecule has 0 fully saturated rings. The highest BCUT2D eigenvalue weighted by Gasteiger charge is 2.07. The molecule has 0 unspecified atom stereocenters. The molecule has 0 amide bonds. The monoisotopic (exact) mass is 307 g/mol. The maximum Gasteiger partial charge on any atom is 0.323 e. The minimum atomic E-state index is 0.296. The highest BCUT2D eigenvalue weighted by molar-refractivity contribution is 6.31. The van der Waals surface area contributed by atoms with E-state index in [1.54, 1.807) is 0 Å². The second kappa shape index (κ2) is 7.64. The van der Waals surface area contributed by atoms with E-state index in [-0.39, 0.29) is 0 Å². The Morgan fingerprint density at radius 2 is 1.76 bits per heavy atom. The van der Waals surface area contributed by atoms with E-state index < -0.39 is 0 Å². The number of hydrogen-bond acceptors (Lipinski definition) is 6. The summed E-state index contributed by atoms with van der Waals surface area (Å²) in [4.78, 5) is 12.7. The molecule has 112 valence electrons. The summed E-state index contributed by atoms with van der Waals surface area (Å²) in [6.07, 6.45) is 0. The zero-order valence-electron chi connectivity index (χ0n) is 12.1. The lowest BCUT2D eigenvalue weighted by atomic mass is 10.2. The molecule has 1 aromatic heterocycles. The third kappa shape index (κ3) is 4.46. The van der Waals surface area contributed by atoms with Gasteiger partial charge in [0, 0.05) is 18.1 Å². The number of rotatable bonds is 7. The molecule has 2 N–H and O–H groups in total. The maximum absolute atomic E-state index is 6.12. The zero-order chi connectivity index (χ0) is 15.1. The van der Waals surface area contributed by atoms with Crippen molar-refractivity contribution in [3.05, 3.63) is 34.9 Å². The lowest BCUT2D eigenvalue weighted by Gasteiger charge is -2.10. The Labute approximate surface area is 128 Å². The molecule has 0 radical (unpaired) electrons. The first-order chi connectivity index (χ1) is 10.2. The van der Waals surface area contributed by atoms with Crippen LogP contribution in [0.5, 0.6) is 6.01 Å². The van der Waals surface area contributed by atoms with Gasteiger partial charge in [0.25, 0.3) is 0 Å². The molecule has 0 saturated heterocycles. The van der Waals surface area contributed by atoms with Crippen molar-refractivity contribution in [1.82, 2.24) is 15.0 Å². The number of nitrogens with zero attached hydrogens (tertiary/aromatic N) is 3. The van der Waals surface area contributed by atoms with Crippen molar-refractivity contribution in [3.8, 4) is 6.01 Å². The quantitative estimate of drug-likeness (QED) is 0.819. The Morgan fingerprint density at radius 3 is 2.43 bits per heavy atom. The topological polar surface area (TPSA) is 72.0 Å². The summed E-state index contributed by atoms with van der Waals surface area (Å²) in [6, 6.07) is 7.93. The van der Waals surface area contributed by atoms with Crippen LogP contribution >= 0.6 is 11.6 Å². The van der Waals surface area contributed by atoms with E-state index in [4.69, 9.17) is 16.3 Å². The highest BCUT2D eigenvalue weighted by atomic mass is 35.5. The van der Waals surface area contributed by atoms with Crippen LogP contribution in [0, 0.1) is 0 Å². The van der Waals surface area contributed by atoms with E-state index in [2.05, 4.69) is 25.6 Å². The third-order valence-electron chi connectivity index (χ3n) is 2.62. The molecule has 0 spiro atoms. The van der Waals surface area contributed by atoms with Crippen molar-refractivity contribution in [2.45, 2.75) is 20.4 Å². The molecule has 7 heteroatoms. The molecule has 6 nitrogen and oxygen atoms in total. The number of hydrogen-bond donors (Lipinski definition) is 2. The molecule has 0 bridgehead atoms. The van der Waals surface area contributed by atoms with Gasteiger partial charge in [0.1, 0.15) is 0 Å². The van der Waals surface area contributed by atoms with Gasteiger partial charge in [-0.3, -0.25) is 0 Å². The molecule has 0 aliphatic rings. The van der Waals surface area contributed by atoms with Crippen molar-refractivity contribution < 1.29 is 4.74 Å². The van der Waals surface area contributed by atoms with Crippen LogP contribution in [0.3, 0.4) is 0 Å². The van der Waals surface area contributed by atoms with Gasteiger partial charge in [-0.2, -0.15) is 15.0 Å². The predicted octanol–water partition coefficient (Wildman–Crippen LogP) is 2.97.